The third-order valence-corrected chi connectivity index (χ3v) is 4.42. The monoisotopic (exact) mass is 378 g/mol. The number of nitrogens with one attached hydrogen (secondary N) is 1. The van der Waals surface area contributed by atoms with Gasteiger partial charge in [0.15, 0.2) is 17.1 Å². The maximum Gasteiger partial charge on any atom is 0.291 e. The minimum Gasteiger partial charge on any atom is -0.455 e. The van der Waals surface area contributed by atoms with E-state index in [1.807, 2.05) is 49.4 Å². The van der Waals surface area contributed by atoms with Gasteiger partial charge in [0.05, 0.1) is 11.2 Å². The van der Waals surface area contributed by atoms with Crippen LogP contribution in [0.25, 0.3) is 11.0 Å². The molecule has 0 aliphatic rings. The molecule has 0 fully saturated rings. The highest BCUT2D eigenvalue weighted by Gasteiger charge is 2.20. The summed E-state index contributed by atoms with van der Waals surface area (Å²) >= 11 is 6.17. The molecule has 0 saturated carbocycles. The van der Waals surface area contributed by atoms with E-state index in [0.717, 1.165) is 10.9 Å². The fourth-order valence-electron chi connectivity index (χ4n) is 2.78. The Hall–Kier alpha value is -3.31. The lowest BCUT2D eigenvalue weighted by Gasteiger charge is -2.11. The molecular formula is C21H15ClN2O3. The number of halogens is 1. The molecule has 0 radical (unpaired) electrons. The van der Waals surface area contributed by atoms with Crippen molar-refractivity contribution in [3.63, 3.8) is 0 Å². The van der Waals surface area contributed by atoms with E-state index in [1.54, 1.807) is 18.3 Å². The number of benzene rings is 2. The van der Waals surface area contributed by atoms with Crippen LogP contribution < -0.4 is 10.1 Å². The third-order valence-electron chi connectivity index (χ3n) is 4.12. The molecule has 0 spiro atoms. The second kappa shape index (κ2) is 7.13. The molecular weight excluding hydrogens is 364 g/mol. The minimum atomic E-state index is -0.398. The lowest BCUT2D eigenvalue weighted by Crippen LogP contribution is -2.13. The van der Waals surface area contributed by atoms with Gasteiger partial charge in [0.25, 0.3) is 5.91 Å². The fraction of sp³-hybridized carbons (Fsp3) is 0.0476. The number of furan rings is 1. The van der Waals surface area contributed by atoms with E-state index in [9.17, 15) is 4.79 Å². The molecule has 5 nitrogen and oxygen atoms in total. The Morgan fingerprint density at radius 3 is 2.70 bits per heavy atom. The topological polar surface area (TPSA) is 64.4 Å². The molecule has 4 aromatic rings. The van der Waals surface area contributed by atoms with Crippen molar-refractivity contribution in [1.29, 1.82) is 0 Å². The Kier molecular flexibility index (Phi) is 4.52. The summed E-state index contributed by atoms with van der Waals surface area (Å²) in [4.78, 5) is 16.9. The van der Waals surface area contributed by atoms with Crippen LogP contribution in [0.2, 0.25) is 5.02 Å². The first-order chi connectivity index (χ1) is 13.1. The molecule has 1 amide bonds. The summed E-state index contributed by atoms with van der Waals surface area (Å²) in [5, 5.41) is 4.07. The van der Waals surface area contributed by atoms with Crippen LogP contribution in [0.1, 0.15) is 16.1 Å². The van der Waals surface area contributed by atoms with Crippen molar-refractivity contribution in [2.24, 2.45) is 0 Å². The van der Waals surface area contributed by atoms with Gasteiger partial charge in [-0.05, 0) is 25.1 Å². The molecule has 2 aromatic carbocycles. The molecule has 2 heterocycles. The number of fused-ring (bicyclic) bond motifs is 1. The van der Waals surface area contributed by atoms with Gasteiger partial charge in [-0.15, -0.1) is 0 Å². The predicted octanol–water partition coefficient (Wildman–Crippen LogP) is 5.83. The van der Waals surface area contributed by atoms with Gasteiger partial charge in [-0.2, -0.15) is 0 Å². The summed E-state index contributed by atoms with van der Waals surface area (Å²) < 4.78 is 11.6. The van der Waals surface area contributed by atoms with Crippen LogP contribution >= 0.6 is 11.6 Å². The lowest BCUT2D eigenvalue weighted by atomic mass is 10.1. The van der Waals surface area contributed by atoms with Gasteiger partial charge < -0.3 is 14.5 Å². The highest BCUT2D eigenvalue weighted by atomic mass is 35.5. The number of hydrogen-bond donors (Lipinski definition) is 1. The van der Waals surface area contributed by atoms with Gasteiger partial charge >= 0.3 is 0 Å². The summed E-state index contributed by atoms with van der Waals surface area (Å²) in [6.45, 7) is 1.82. The maximum atomic E-state index is 12.8. The quantitative estimate of drug-likeness (QED) is 0.485. The zero-order valence-electron chi connectivity index (χ0n) is 14.4. The molecule has 4 rings (SSSR count). The zero-order valence-corrected chi connectivity index (χ0v) is 15.2. The number of hydrogen-bond acceptors (Lipinski definition) is 4. The van der Waals surface area contributed by atoms with Crippen LogP contribution in [0.15, 0.2) is 71.4 Å². The Morgan fingerprint density at radius 1 is 1.11 bits per heavy atom. The maximum absolute atomic E-state index is 12.8. The van der Waals surface area contributed by atoms with Gasteiger partial charge in [-0.25, -0.2) is 0 Å². The number of nitrogens with zero attached hydrogens (tertiary/aromatic N) is 1. The number of amides is 1. The van der Waals surface area contributed by atoms with Crippen molar-refractivity contribution in [2.45, 2.75) is 6.92 Å². The van der Waals surface area contributed by atoms with E-state index in [4.69, 9.17) is 20.8 Å². The van der Waals surface area contributed by atoms with E-state index in [-0.39, 0.29) is 5.76 Å². The smallest absolute Gasteiger partial charge is 0.291 e. The van der Waals surface area contributed by atoms with Gasteiger partial charge in [-0.3, -0.25) is 9.78 Å². The molecule has 0 atom stereocenters. The van der Waals surface area contributed by atoms with Crippen molar-refractivity contribution in [3.05, 3.63) is 83.3 Å². The van der Waals surface area contributed by atoms with Crippen LogP contribution in [-0.4, -0.2) is 10.9 Å². The summed E-state index contributed by atoms with van der Waals surface area (Å²) in [5.41, 5.74) is 1.66. The van der Waals surface area contributed by atoms with Crippen LogP contribution in [-0.2, 0) is 0 Å². The first-order valence-electron chi connectivity index (χ1n) is 8.29. The Bertz CT molecular complexity index is 1120. The molecule has 0 unspecified atom stereocenters. The normalized spacial score (nSPS) is 10.7. The molecule has 0 bridgehead atoms. The highest BCUT2D eigenvalue weighted by molar-refractivity contribution is 6.35. The highest BCUT2D eigenvalue weighted by Crippen LogP contribution is 2.32. The van der Waals surface area contributed by atoms with Crippen molar-refractivity contribution >= 4 is 34.2 Å². The molecule has 0 saturated heterocycles. The first kappa shape index (κ1) is 17.1. The predicted molar refractivity (Wildman–Crippen MR) is 105 cm³/mol. The minimum absolute atomic E-state index is 0.201. The number of carbonyl (C=O) groups excluding carboxylic acids is 1. The summed E-state index contributed by atoms with van der Waals surface area (Å²) in [6.07, 6.45) is 3.13. The second-order valence-corrected chi connectivity index (χ2v) is 6.32. The van der Waals surface area contributed by atoms with E-state index in [2.05, 4.69) is 10.3 Å². The summed E-state index contributed by atoms with van der Waals surface area (Å²) in [5.74, 6) is 0.945. The van der Waals surface area contributed by atoms with Crippen molar-refractivity contribution < 1.29 is 13.9 Å². The third kappa shape index (κ3) is 3.37. The number of pyridine rings is 1. The van der Waals surface area contributed by atoms with Gasteiger partial charge in [0, 0.05) is 23.2 Å². The van der Waals surface area contributed by atoms with Crippen molar-refractivity contribution in [1.82, 2.24) is 4.98 Å². The number of aromatic nitrogens is 1. The largest absolute Gasteiger partial charge is 0.455 e. The summed E-state index contributed by atoms with van der Waals surface area (Å²) in [6, 6.07) is 16.4. The number of ether oxygens (including phenoxy) is 1. The molecule has 2 aromatic heterocycles. The number of para-hydroxylation sites is 2. The molecule has 6 heteroatoms. The molecule has 0 aliphatic carbocycles. The van der Waals surface area contributed by atoms with Gasteiger partial charge in [0.2, 0.25) is 0 Å². The first-order valence-corrected chi connectivity index (χ1v) is 8.67. The number of aryl methyl sites for hydroxylation is 1. The van der Waals surface area contributed by atoms with Crippen molar-refractivity contribution in [2.75, 3.05) is 5.32 Å². The SMILES string of the molecule is Cc1c(C(=O)Nc2cnccc2Oc2ccccc2)oc2c(Cl)cccc12. The van der Waals surface area contributed by atoms with E-state index < -0.39 is 5.91 Å². The second-order valence-electron chi connectivity index (χ2n) is 5.91. The Balaban J connectivity index is 1.64. The average molecular weight is 379 g/mol. The zero-order chi connectivity index (χ0) is 18.8. The van der Waals surface area contributed by atoms with E-state index in [0.29, 0.717) is 27.8 Å². The molecule has 1 N–H and O–H groups in total. The van der Waals surface area contributed by atoms with E-state index in [1.165, 1.54) is 6.20 Å². The van der Waals surface area contributed by atoms with Crippen LogP contribution in [0, 0.1) is 6.92 Å². The summed E-state index contributed by atoms with van der Waals surface area (Å²) in [7, 11) is 0. The molecule has 27 heavy (non-hydrogen) atoms. The van der Waals surface area contributed by atoms with E-state index >= 15 is 0 Å². The number of rotatable bonds is 4. The number of carbonyl (C=O) groups is 1. The van der Waals surface area contributed by atoms with Gasteiger partial charge in [0.1, 0.15) is 11.4 Å². The fourth-order valence-corrected chi connectivity index (χ4v) is 3.00. The molecule has 134 valence electrons. The lowest BCUT2D eigenvalue weighted by molar-refractivity contribution is 0.0997. The Morgan fingerprint density at radius 2 is 1.93 bits per heavy atom. The number of anilines is 1. The molecule has 0 aliphatic heterocycles. The standard InChI is InChI=1S/C21H15ClN2O3/c1-13-15-8-5-9-16(22)20(15)27-19(13)21(25)24-17-12-23-11-10-18(17)26-14-6-3-2-4-7-14/h2-12H,1H3,(H,24,25). The van der Waals surface area contributed by atoms with Gasteiger partial charge in [-0.1, -0.05) is 41.9 Å². The van der Waals surface area contributed by atoms with Crippen LogP contribution in [0.5, 0.6) is 11.5 Å². The average Bonchev–Trinajstić information content (AvgIpc) is 3.03. The van der Waals surface area contributed by atoms with Crippen LogP contribution in [0.3, 0.4) is 0 Å². The Labute approximate surface area is 160 Å². The van der Waals surface area contributed by atoms with Crippen LogP contribution in [0.4, 0.5) is 5.69 Å². The van der Waals surface area contributed by atoms with Crippen molar-refractivity contribution in [3.8, 4) is 11.5 Å².